The lowest BCUT2D eigenvalue weighted by Gasteiger charge is -2.09. The van der Waals surface area contributed by atoms with Crippen LogP contribution in [0, 0.1) is 13.8 Å². The number of amides is 1. The number of hydrogen-bond donors (Lipinski definition) is 2. The van der Waals surface area contributed by atoms with Crippen molar-refractivity contribution in [1.82, 2.24) is 0 Å². The van der Waals surface area contributed by atoms with Crippen LogP contribution in [0.2, 0.25) is 0 Å². The second-order valence-electron chi connectivity index (χ2n) is 4.51. The highest BCUT2D eigenvalue weighted by Crippen LogP contribution is 2.27. The Kier molecular flexibility index (Phi) is 4.59. The first-order chi connectivity index (χ1) is 9.97. The highest BCUT2D eigenvalue weighted by Gasteiger charge is 2.16. The maximum Gasteiger partial charge on any atom is 0.338 e. The van der Waals surface area contributed by atoms with Gasteiger partial charge in [-0.1, -0.05) is 18.2 Å². The molecule has 0 bridgehead atoms. The molecule has 1 aromatic heterocycles. The van der Waals surface area contributed by atoms with Gasteiger partial charge in [0.25, 0.3) is 5.91 Å². The van der Waals surface area contributed by atoms with E-state index < -0.39 is 5.97 Å². The van der Waals surface area contributed by atoms with E-state index in [2.05, 4.69) is 5.32 Å². The molecule has 0 saturated carbocycles. The van der Waals surface area contributed by atoms with Crippen LogP contribution in [0.15, 0.2) is 30.3 Å². The summed E-state index contributed by atoms with van der Waals surface area (Å²) in [7, 11) is 0. The van der Waals surface area contributed by atoms with E-state index in [0.717, 1.165) is 10.4 Å². The number of carbonyl (C=O) groups is 2. The molecule has 1 amide bonds. The quantitative estimate of drug-likeness (QED) is 0.890. The molecule has 0 aliphatic rings. The minimum absolute atomic E-state index is 0.0988. The van der Waals surface area contributed by atoms with Gasteiger partial charge in [0.2, 0.25) is 0 Å². The molecule has 5 nitrogen and oxygen atoms in total. The number of thiophene rings is 1. The SMILES string of the molecule is Cc1cc(C(=O)O)c(NC(=O)COc2ccccc2C)s1. The van der Waals surface area contributed by atoms with Gasteiger partial charge < -0.3 is 15.2 Å². The van der Waals surface area contributed by atoms with Crippen molar-refractivity contribution in [2.24, 2.45) is 0 Å². The van der Waals surface area contributed by atoms with E-state index in [1.165, 1.54) is 17.4 Å². The first-order valence-corrected chi connectivity index (χ1v) is 7.11. The Bertz CT molecular complexity index is 678. The van der Waals surface area contributed by atoms with E-state index in [-0.39, 0.29) is 18.1 Å². The van der Waals surface area contributed by atoms with E-state index in [1.807, 2.05) is 25.1 Å². The van der Waals surface area contributed by atoms with Crippen LogP contribution in [-0.2, 0) is 4.79 Å². The third-order valence-electron chi connectivity index (χ3n) is 2.79. The number of carboxylic acids is 1. The summed E-state index contributed by atoms with van der Waals surface area (Å²) in [5.74, 6) is -0.814. The van der Waals surface area contributed by atoms with Crippen molar-refractivity contribution in [1.29, 1.82) is 0 Å². The second kappa shape index (κ2) is 6.41. The molecular weight excluding hydrogens is 290 g/mol. The molecule has 0 fully saturated rings. The summed E-state index contributed by atoms with van der Waals surface area (Å²) < 4.78 is 5.42. The number of hydrogen-bond acceptors (Lipinski definition) is 4. The summed E-state index contributed by atoms with van der Waals surface area (Å²) in [6, 6.07) is 8.91. The number of benzene rings is 1. The highest BCUT2D eigenvalue weighted by atomic mass is 32.1. The molecule has 0 saturated heterocycles. The zero-order valence-corrected chi connectivity index (χ0v) is 12.5. The van der Waals surface area contributed by atoms with Gasteiger partial charge >= 0.3 is 5.97 Å². The minimum Gasteiger partial charge on any atom is -0.483 e. The highest BCUT2D eigenvalue weighted by molar-refractivity contribution is 7.16. The summed E-state index contributed by atoms with van der Waals surface area (Å²) in [6.45, 7) is 3.51. The fourth-order valence-corrected chi connectivity index (χ4v) is 2.71. The third-order valence-corrected chi connectivity index (χ3v) is 3.76. The van der Waals surface area contributed by atoms with Crippen molar-refractivity contribution in [3.05, 3.63) is 46.3 Å². The Morgan fingerprint density at radius 2 is 2.00 bits per heavy atom. The molecule has 0 unspecified atom stereocenters. The number of nitrogens with one attached hydrogen (secondary N) is 1. The van der Waals surface area contributed by atoms with Crippen LogP contribution < -0.4 is 10.1 Å². The largest absolute Gasteiger partial charge is 0.483 e. The fourth-order valence-electron chi connectivity index (χ4n) is 1.79. The number of rotatable bonds is 5. The molecule has 2 aromatic rings. The molecule has 1 heterocycles. The zero-order chi connectivity index (χ0) is 15.4. The van der Waals surface area contributed by atoms with Crippen molar-refractivity contribution in [2.45, 2.75) is 13.8 Å². The predicted octanol–water partition coefficient (Wildman–Crippen LogP) is 3.08. The molecular formula is C15H15NO4S. The number of carboxylic acid groups (broad SMARTS) is 1. The Morgan fingerprint density at radius 3 is 2.67 bits per heavy atom. The number of aryl methyl sites for hydroxylation is 2. The lowest BCUT2D eigenvalue weighted by Crippen LogP contribution is -2.20. The van der Waals surface area contributed by atoms with Crippen LogP contribution in [0.1, 0.15) is 20.8 Å². The number of carbonyl (C=O) groups excluding carboxylic acids is 1. The van der Waals surface area contributed by atoms with Crippen molar-refractivity contribution >= 4 is 28.2 Å². The fraction of sp³-hybridized carbons (Fsp3) is 0.200. The number of para-hydroxylation sites is 1. The topological polar surface area (TPSA) is 75.6 Å². The monoisotopic (exact) mass is 305 g/mol. The molecule has 0 radical (unpaired) electrons. The van der Waals surface area contributed by atoms with E-state index in [0.29, 0.717) is 10.8 Å². The van der Waals surface area contributed by atoms with Crippen LogP contribution in [-0.4, -0.2) is 23.6 Å². The second-order valence-corrected chi connectivity index (χ2v) is 5.76. The molecule has 2 rings (SSSR count). The van der Waals surface area contributed by atoms with Gasteiger partial charge in [0.15, 0.2) is 6.61 Å². The van der Waals surface area contributed by atoms with Crippen LogP contribution >= 0.6 is 11.3 Å². The Hall–Kier alpha value is -2.34. The van der Waals surface area contributed by atoms with E-state index in [1.54, 1.807) is 13.0 Å². The van der Waals surface area contributed by atoms with Gasteiger partial charge in [0, 0.05) is 4.88 Å². The molecule has 6 heteroatoms. The smallest absolute Gasteiger partial charge is 0.338 e. The molecule has 21 heavy (non-hydrogen) atoms. The molecule has 0 aliphatic carbocycles. The summed E-state index contributed by atoms with van der Waals surface area (Å²) in [5.41, 5.74) is 1.03. The van der Waals surface area contributed by atoms with Crippen LogP contribution in [0.3, 0.4) is 0 Å². The van der Waals surface area contributed by atoms with E-state index in [4.69, 9.17) is 9.84 Å². The molecule has 2 N–H and O–H groups in total. The predicted molar refractivity (Wildman–Crippen MR) is 81.3 cm³/mol. The maximum absolute atomic E-state index is 11.9. The van der Waals surface area contributed by atoms with E-state index in [9.17, 15) is 9.59 Å². The number of ether oxygens (including phenoxy) is 1. The summed E-state index contributed by atoms with van der Waals surface area (Å²) >= 11 is 1.23. The standard InChI is InChI=1S/C15H15NO4S/c1-9-5-3-4-6-12(9)20-8-13(17)16-14-11(15(18)19)7-10(2)21-14/h3-7H,8H2,1-2H3,(H,16,17)(H,18,19). The normalized spacial score (nSPS) is 10.2. The molecule has 0 atom stereocenters. The summed E-state index contributed by atoms with van der Waals surface area (Å²) in [6.07, 6.45) is 0. The van der Waals surface area contributed by atoms with Gasteiger partial charge in [0.05, 0.1) is 5.56 Å². The number of anilines is 1. The van der Waals surface area contributed by atoms with Gasteiger partial charge in [0.1, 0.15) is 10.8 Å². The molecule has 1 aromatic carbocycles. The van der Waals surface area contributed by atoms with E-state index >= 15 is 0 Å². The van der Waals surface area contributed by atoms with Crippen molar-refractivity contribution in [3.8, 4) is 5.75 Å². The van der Waals surface area contributed by atoms with Crippen molar-refractivity contribution in [2.75, 3.05) is 11.9 Å². The first kappa shape index (κ1) is 15.1. The minimum atomic E-state index is -1.06. The average Bonchev–Trinajstić information content (AvgIpc) is 2.79. The third kappa shape index (κ3) is 3.82. The summed E-state index contributed by atoms with van der Waals surface area (Å²) in [5, 5.41) is 12.0. The van der Waals surface area contributed by atoms with Crippen LogP contribution in [0.4, 0.5) is 5.00 Å². The average molecular weight is 305 g/mol. The molecule has 0 aliphatic heterocycles. The zero-order valence-electron chi connectivity index (χ0n) is 11.7. The maximum atomic E-state index is 11.9. The Balaban J connectivity index is 1.99. The lowest BCUT2D eigenvalue weighted by molar-refractivity contribution is -0.118. The first-order valence-electron chi connectivity index (χ1n) is 6.29. The molecule has 110 valence electrons. The lowest BCUT2D eigenvalue weighted by atomic mass is 10.2. The van der Waals surface area contributed by atoms with Gasteiger partial charge in [-0.2, -0.15) is 0 Å². The van der Waals surface area contributed by atoms with Crippen molar-refractivity contribution in [3.63, 3.8) is 0 Å². The Labute approximate surface area is 126 Å². The van der Waals surface area contributed by atoms with Crippen molar-refractivity contribution < 1.29 is 19.4 Å². The van der Waals surface area contributed by atoms with Gasteiger partial charge in [-0.15, -0.1) is 11.3 Å². The van der Waals surface area contributed by atoms with Crippen LogP contribution in [0.5, 0.6) is 5.75 Å². The van der Waals surface area contributed by atoms with Gasteiger partial charge in [-0.3, -0.25) is 4.79 Å². The van der Waals surface area contributed by atoms with Crippen LogP contribution in [0.25, 0.3) is 0 Å². The Morgan fingerprint density at radius 1 is 1.29 bits per heavy atom. The summed E-state index contributed by atoms with van der Waals surface area (Å²) in [4.78, 5) is 23.7. The molecule has 0 spiro atoms. The van der Waals surface area contributed by atoms with Gasteiger partial charge in [-0.25, -0.2) is 4.79 Å². The number of aromatic carboxylic acids is 1. The van der Waals surface area contributed by atoms with Gasteiger partial charge in [-0.05, 0) is 31.5 Å².